The largest absolute Gasteiger partial charge is 0.454 e. The Morgan fingerprint density at radius 3 is 2.43 bits per heavy atom. The SMILES string of the molecule is CC(=O)N1CCC(c2cc3[nH]c(C(=O)c4cnn(-c5c(C)cc(Oc6ccccc6F)cc5F)c4N)cc3cc2OC(F)F)CC1. The molecule has 6 rings (SSSR count). The molecule has 0 unspecified atom stereocenters. The fourth-order valence-corrected chi connectivity index (χ4v) is 5.86. The molecule has 0 saturated carbocycles. The Morgan fingerprint density at radius 1 is 1.02 bits per heavy atom. The number of hydrogen-bond donors (Lipinski definition) is 2. The third kappa shape index (κ3) is 5.87. The molecular formula is C33H29F4N5O4. The number of fused-ring (bicyclic) bond motifs is 1. The number of rotatable bonds is 8. The third-order valence-electron chi connectivity index (χ3n) is 8.15. The number of likely N-dealkylation sites (tertiary alicyclic amines) is 1. The number of anilines is 1. The Hall–Kier alpha value is -5.33. The number of aromatic amines is 1. The first-order valence-electron chi connectivity index (χ1n) is 14.5. The molecule has 0 spiro atoms. The van der Waals surface area contributed by atoms with Gasteiger partial charge in [-0.2, -0.15) is 13.9 Å². The van der Waals surface area contributed by atoms with Crippen molar-refractivity contribution in [2.45, 2.75) is 39.2 Å². The molecule has 13 heteroatoms. The fourth-order valence-electron chi connectivity index (χ4n) is 5.86. The number of amides is 1. The van der Waals surface area contributed by atoms with Crippen LogP contribution in [0.1, 0.15) is 52.9 Å². The molecule has 3 N–H and O–H groups in total. The van der Waals surface area contributed by atoms with Gasteiger partial charge in [-0.1, -0.05) is 12.1 Å². The molecule has 0 atom stereocenters. The van der Waals surface area contributed by atoms with Gasteiger partial charge in [-0.15, -0.1) is 0 Å². The van der Waals surface area contributed by atoms with Crippen molar-refractivity contribution in [1.82, 2.24) is 19.7 Å². The van der Waals surface area contributed by atoms with Crippen molar-refractivity contribution in [3.05, 3.63) is 94.8 Å². The van der Waals surface area contributed by atoms with Crippen LogP contribution < -0.4 is 15.2 Å². The summed E-state index contributed by atoms with van der Waals surface area (Å²) in [6.45, 7) is 1.01. The zero-order valence-electron chi connectivity index (χ0n) is 24.8. The second kappa shape index (κ2) is 12.2. The van der Waals surface area contributed by atoms with Crippen LogP contribution in [-0.4, -0.2) is 51.1 Å². The number of hydrogen-bond acceptors (Lipinski definition) is 6. The van der Waals surface area contributed by atoms with Crippen LogP contribution in [0.3, 0.4) is 0 Å². The molecule has 1 fully saturated rings. The molecule has 3 aromatic carbocycles. The summed E-state index contributed by atoms with van der Waals surface area (Å²) in [4.78, 5) is 30.1. The lowest BCUT2D eigenvalue weighted by atomic mass is 9.88. The van der Waals surface area contributed by atoms with Gasteiger partial charge in [-0.25, -0.2) is 13.5 Å². The van der Waals surface area contributed by atoms with E-state index in [4.69, 9.17) is 15.2 Å². The quantitative estimate of drug-likeness (QED) is 0.142. The standard InChI is InChI=1S/C33H29F4N5O4/c1-17-11-21(45-28-6-4-3-5-24(28)34)14-25(35)30(17)42-32(38)23(16-39-42)31(44)27-12-20-13-29(46-33(36)37)22(15-26(20)40-27)19-7-9-41(10-8-19)18(2)43/h3-6,11-16,19,33,40H,7-10,38H2,1-2H3. The maximum atomic E-state index is 15.4. The van der Waals surface area contributed by atoms with Crippen molar-refractivity contribution < 1.29 is 36.6 Å². The summed E-state index contributed by atoms with van der Waals surface area (Å²) in [5.74, 6) is -2.24. The van der Waals surface area contributed by atoms with Gasteiger partial charge < -0.3 is 25.1 Å². The Kier molecular flexibility index (Phi) is 8.15. The predicted molar refractivity (Wildman–Crippen MR) is 162 cm³/mol. The van der Waals surface area contributed by atoms with Crippen LogP contribution in [0.15, 0.2) is 60.8 Å². The molecule has 2 aromatic heterocycles. The molecule has 1 aliphatic heterocycles. The van der Waals surface area contributed by atoms with Crippen LogP contribution in [0.4, 0.5) is 23.4 Å². The van der Waals surface area contributed by atoms with Gasteiger partial charge in [0, 0.05) is 37.0 Å². The highest BCUT2D eigenvalue weighted by atomic mass is 19.3. The molecule has 1 amide bonds. The number of nitrogens with zero attached hydrogens (tertiary/aromatic N) is 3. The molecule has 238 valence electrons. The van der Waals surface area contributed by atoms with E-state index in [9.17, 15) is 22.8 Å². The predicted octanol–water partition coefficient (Wildman–Crippen LogP) is 6.87. The summed E-state index contributed by atoms with van der Waals surface area (Å²) in [5.41, 5.74) is 7.81. The number of H-pyrrole nitrogens is 1. The van der Waals surface area contributed by atoms with Crippen LogP contribution in [0.25, 0.3) is 16.6 Å². The molecule has 0 bridgehead atoms. The highest BCUT2D eigenvalue weighted by Crippen LogP contribution is 2.38. The maximum Gasteiger partial charge on any atom is 0.387 e. The Labute approximate surface area is 260 Å². The zero-order valence-corrected chi connectivity index (χ0v) is 24.8. The third-order valence-corrected chi connectivity index (χ3v) is 8.15. The topological polar surface area (TPSA) is 115 Å². The van der Waals surface area contributed by atoms with E-state index in [0.29, 0.717) is 48.0 Å². The number of nitrogen functional groups attached to an aromatic ring is 1. The summed E-state index contributed by atoms with van der Waals surface area (Å²) in [7, 11) is 0. The highest BCUT2D eigenvalue weighted by molar-refractivity contribution is 6.12. The van der Waals surface area contributed by atoms with E-state index < -0.39 is 24.0 Å². The number of carbonyl (C=O) groups is 2. The zero-order chi connectivity index (χ0) is 32.7. The molecule has 46 heavy (non-hydrogen) atoms. The average molecular weight is 636 g/mol. The van der Waals surface area contributed by atoms with Crippen molar-refractivity contribution in [2.24, 2.45) is 0 Å². The van der Waals surface area contributed by atoms with Gasteiger partial charge in [-0.3, -0.25) is 9.59 Å². The minimum absolute atomic E-state index is 0.00230. The van der Waals surface area contributed by atoms with Gasteiger partial charge in [0.15, 0.2) is 17.4 Å². The monoisotopic (exact) mass is 635 g/mol. The van der Waals surface area contributed by atoms with E-state index in [1.54, 1.807) is 24.0 Å². The number of benzene rings is 3. The molecule has 3 heterocycles. The van der Waals surface area contributed by atoms with E-state index in [-0.39, 0.29) is 51.8 Å². The Balaban J connectivity index is 1.29. The van der Waals surface area contributed by atoms with E-state index in [1.807, 2.05) is 0 Å². The number of ether oxygens (including phenoxy) is 2. The van der Waals surface area contributed by atoms with Crippen LogP contribution in [0, 0.1) is 18.6 Å². The maximum absolute atomic E-state index is 15.4. The molecule has 5 aromatic rings. The van der Waals surface area contributed by atoms with E-state index in [1.165, 1.54) is 49.5 Å². The summed E-state index contributed by atoms with van der Waals surface area (Å²) in [6, 6.07) is 12.9. The number of piperidine rings is 1. The number of halogens is 4. The second-order valence-electron chi connectivity index (χ2n) is 11.1. The smallest absolute Gasteiger partial charge is 0.387 e. The number of ketones is 1. The number of nitrogens with two attached hydrogens (primary N) is 1. The summed E-state index contributed by atoms with van der Waals surface area (Å²) in [6.07, 6.45) is 2.35. The van der Waals surface area contributed by atoms with Gasteiger partial charge in [-0.05, 0) is 73.2 Å². The van der Waals surface area contributed by atoms with E-state index in [2.05, 4.69) is 10.1 Å². The lowest BCUT2D eigenvalue weighted by Crippen LogP contribution is -2.36. The van der Waals surface area contributed by atoms with Crippen molar-refractivity contribution in [1.29, 1.82) is 0 Å². The molecule has 9 nitrogen and oxygen atoms in total. The van der Waals surface area contributed by atoms with Crippen molar-refractivity contribution >= 4 is 28.4 Å². The van der Waals surface area contributed by atoms with Crippen LogP contribution in [0.5, 0.6) is 17.2 Å². The molecule has 0 radical (unpaired) electrons. The van der Waals surface area contributed by atoms with Crippen molar-refractivity contribution in [3.8, 4) is 22.9 Å². The molecular weight excluding hydrogens is 606 g/mol. The molecule has 1 saturated heterocycles. The first kappa shape index (κ1) is 30.7. The Morgan fingerprint density at radius 2 is 1.76 bits per heavy atom. The average Bonchev–Trinajstić information content (AvgIpc) is 3.60. The number of para-hydroxylation sites is 1. The normalized spacial score (nSPS) is 13.8. The first-order chi connectivity index (χ1) is 22.0. The number of aryl methyl sites for hydroxylation is 1. The van der Waals surface area contributed by atoms with Gasteiger partial charge in [0.25, 0.3) is 0 Å². The van der Waals surface area contributed by atoms with Crippen molar-refractivity contribution in [3.63, 3.8) is 0 Å². The van der Waals surface area contributed by atoms with Crippen LogP contribution in [-0.2, 0) is 4.79 Å². The number of alkyl halides is 2. The van der Waals surface area contributed by atoms with E-state index >= 15 is 4.39 Å². The highest BCUT2D eigenvalue weighted by Gasteiger charge is 2.27. The number of aromatic nitrogens is 3. The minimum atomic E-state index is -3.05. The summed E-state index contributed by atoms with van der Waals surface area (Å²) < 4.78 is 67.6. The lowest BCUT2D eigenvalue weighted by molar-refractivity contribution is -0.129. The van der Waals surface area contributed by atoms with Crippen LogP contribution in [0.2, 0.25) is 0 Å². The van der Waals surface area contributed by atoms with E-state index in [0.717, 1.165) is 10.7 Å². The molecule has 1 aliphatic rings. The van der Waals surface area contributed by atoms with Crippen molar-refractivity contribution in [2.75, 3.05) is 18.8 Å². The number of carbonyl (C=O) groups excluding carboxylic acids is 2. The van der Waals surface area contributed by atoms with Gasteiger partial charge in [0.2, 0.25) is 11.7 Å². The van der Waals surface area contributed by atoms with Gasteiger partial charge in [0.1, 0.15) is 23.0 Å². The first-order valence-corrected chi connectivity index (χ1v) is 14.5. The number of nitrogens with one attached hydrogen (secondary N) is 1. The van der Waals surface area contributed by atoms with Crippen LogP contribution >= 0.6 is 0 Å². The minimum Gasteiger partial charge on any atom is -0.454 e. The summed E-state index contributed by atoms with van der Waals surface area (Å²) >= 11 is 0. The summed E-state index contributed by atoms with van der Waals surface area (Å²) in [5, 5.41) is 4.62. The van der Waals surface area contributed by atoms with Gasteiger partial charge >= 0.3 is 6.61 Å². The fraction of sp³-hybridized carbons (Fsp3) is 0.242. The lowest BCUT2D eigenvalue weighted by Gasteiger charge is -2.32. The molecule has 0 aliphatic carbocycles. The second-order valence-corrected chi connectivity index (χ2v) is 11.1. The van der Waals surface area contributed by atoms with Gasteiger partial charge in [0.05, 0.1) is 17.5 Å². The Bertz CT molecular complexity index is 1940.